The first-order valence-corrected chi connectivity index (χ1v) is 9.61. The molecule has 6 heteroatoms. The van der Waals surface area contributed by atoms with Crippen molar-refractivity contribution in [3.8, 4) is 5.75 Å². The van der Waals surface area contributed by atoms with Gasteiger partial charge in [-0.25, -0.2) is 0 Å². The van der Waals surface area contributed by atoms with Gasteiger partial charge in [-0.05, 0) is 47.5 Å². The zero-order chi connectivity index (χ0) is 20.2. The third-order valence-electron chi connectivity index (χ3n) is 4.76. The number of benzene rings is 3. The van der Waals surface area contributed by atoms with Crippen LogP contribution < -0.4 is 10.1 Å². The van der Waals surface area contributed by atoms with E-state index in [4.69, 9.17) is 16.3 Å². The third kappa shape index (κ3) is 4.41. The molecule has 4 aromatic rings. The van der Waals surface area contributed by atoms with Crippen LogP contribution in [0.25, 0.3) is 10.9 Å². The minimum absolute atomic E-state index is 0.123. The van der Waals surface area contributed by atoms with Crippen LogP contribution in [0.4, 0.5) is 0 Å². The highest BCUT2D eigenvalue weighted by Crippen LogP contribution is 2.18. The van der Waals surface area contributed by atoms with E-state index in [1.54, 1.807) is 7.11 Å². The fourth-order valence-electron chi connectivity index (χ4n) is 3.13. The Bertz CT molecular complexity index is 1140. The van der Waals surface area contributed by atoms with Crippen molar-refractivity contribution in [3.63, 3.8) is 0 Å². The standard InChI is InChI=1S/C23H20ClN3O2/c1-29-21-10-4-16(5-11-21)13-25-23(28)18-6-7-19-14-26-27(22(19)12-18)15-17-2-8-20(24)9-3-17/h2-12,14H,13,15H2,1H3,(H,25,28). The lowest BCUT2D eigenvalue weighted by molar-refractivity contribution is 0.0951. The molecule has 0 aliphatic heterocycles. The number of hydrogen-bond donors (Lipinski definition) is 1. The topological polar surface area (TPSA) is 56.1 Å². The molecule has 0 radical (unpaired) electrons. The summed E-state index contributed by atoms with van der Waals surface area (Å²) in [6.07, 6.45) is 1.81. The fourth-order valence-corrected chi connectivity index (χ4v) is 3.25. The average Bonchev–Trinajstić information content (AvgIpc) is 3.16. The van der Waals surface area contributed by atoms with Gasteiger partial charge < -0.3 is 10.1 Å². The largest absolute Gasteiger partial charge is 0.497 e. The number of methoxy groups -OCH3 is 1. The maximum absolute atomic E-state index is 12.6. The van der Waals surface area contributed by atoms with Crippen molar-refractivity contribution in [1.29, 1.82) is 0 Å². The van der Waals surface area contributed by atoms with Gasteiger partial charge in [-0.3, -0.25) is 9.48 Å². The molecule has 5 nitrogen and oxygen atoms in total. The Labute approximate surface area is 173 Å². The van der Waals surface area contributed by atoms with Crippen LogP contribution in [0.15, 0.2) is 72.9 Å². The minimum atomic E-state index is -0.123. The normalized spacial score (nSPS) is 10.8. The summed E-state index contributed by atoms with van der Waals surface area (Å²) in [6, 6.07) is 20.9. The first kappa shape index (κ1) is 19.0. The minimum Gasteiger partial charge on any atom is -0.497 e. The zero-order valence-corrected chi connectivity index (χ0v) is 16.7. The lowest BCUT2D eigenvalue weighted by Gasteiger charge is -2.08. The molecule has 0 atom stereocenters. The second-order valence-electron chi connectivity index (χ2n) is 6.73. The van der Waals surface area contributed by atoms with Crippen LogP contribution in [0.5, 0.6) is 5.75 Å². The highest BCUT2D eigenvalue weighted by molar-refractivity contribution is 6.30. The number of halogens is 1. The third-order valence-corrected chi connectivity index (χ3v) is 5.02. The number of fused-ring (bicyclic) bond motifs is 1. The predicted octanol–water partition coefficient (Wildman–Crippen LogP) is 4.68. The van der Waals surface area contributed by atoms with Gasteiger partial charge in [0.25, 0.3) is 5.91 Å². The molecule has 0 saturated heterocycles. The Morgan fingerprint density at radius 3 is 2.48 bits per heavy atom. The van der Waals surface area contributed by atoms with Gasteiger partial charge in [0.05, 0.1) is 25.4 Å². The quantitative estimate of drug-likeness (QED) is 0.507. The lowest BCUT2D eigenvalue weighted by Crippen LogP contribution is -2.22. The summed E-state index contributed by atoms with van der Waals surface area (Å²) in [4.78, 5) is 12.6. The summed E-state index contributed by atoms with van der Waals surface area (Å²) < 4.78 is 7.04. The summed E-state index contributed by atoms with van der Waals surface area (Å²) in [5, 5.41) is 9.12. The predicted molar refractivity (Wildman–Crippen MR) is 114 cm³/mol. The van der Waals surface area contributed by atoms with Crippen LogP contribution in [0.2, 0.25) is 5.02 Å². The summed E-state index contributed by atoms with van der Waals surface area (Å²) >= 11 is 5.96. The molecule has 0 bridgehead atoms. The molecule has 0 fully saturated rings. The highest BCUT2D eigenvalue weighted by Gasteiger charge is 2.10. The van der Waals surface area contributed by atoms with Gasteiger partial charge in [-0.2, -0.15) is 5.10 Å². The number of nitrogens with one attached hydrogen (secondary N) is 1. The smallest absolute Gasteiger partial charge is 0.251 e. The maximum atomic E-state index is 12.6. The molecule has 0 saturated carbocycles. The molecule has 146 valence electrons. The molecule has 1 heterocycles. The number of ether oxygens (including phenoxy) is 1. The first-order chi connectivity index (χ1) is 14.1. The maximum Gasteiger partial charge on any atom is 0.251 e. The summed E-state index contributed by atoms with van der Waals surface area (Å²) in [5.41, 5.74) is 3.61. The van der Waals surface area contributed by atoms with E-state index in [2.05, 4.69) is 10.4 Å². The van der Waals surface area contributed by atoms with Gasteiger partial charge in [-0.15, -0.1) is 0 Å². The van der Waals surface area contributed by atoms with Crippen molar-refractivity contribution in [2.24, 2.45) is 0 Å². The number of carbonyl (C=O) groups excluding carboxylic acids is 1. The number of carbonyl (C=O) groups is 1. The van der Waals surface area contributed by atoms with Crippen molar-refractivity contribution in [3.05, 3.63) is 94.6 Å². The van der Waals surface area contributed by atoms with E-state index in [1.807, 2.05) is 77.6 Å². The van der Waals surface area contributed by atoms with E-state index in [-0.39, 0.29) is 5.91 Å². The van der Waals surface area contributed by atoms with Crippen LogP contribution in [-0.4, -0.2) is 22.8 Å². The van der Waals surface area contributed by atoms with Crippen molar-refractivity contribution >= 4 is 28.4 Å². The van der Waals surface area contributed by atoms with Crippen LogP contribution >= 0.6 is 11.6 Å². The second kappa shape index (κ2) is 8.37. The second-order valence-corrected chi connectivity index (χ2v) is 7.17. The molecule has 4 rings (SSSR count). The number of hydrogen-bond acceptors (Lipinski definition) is 3. The van der Waals surface area contributed by atoms with Gasteiger partial charge in [-0.1, -0.05) is 41.9 Å². The molecule has 0 spiro atoms. The van der Waals surface area contributed by atoms with Crippen LogP contribution in [0, 0.1) is 0 Å². The van der Waals surface area contributed by atoms with E-state index in [0.29, 0.717) is 23.7 Å². The summed E-state index contributed by atoms with van der Waals surface area (Å²) in [6.45, 7) is 1.06. The van der Waals surface area contributed by atoms with Gasteiger partial charge >= 0.3 is 0 Å². The van der Waals surface area contributed by atoms with E-state index < -0.39 is 0 Å². The van der Waals surface area contributed by atoms with Crippen LogP contribution in [0.3, 0.4) is 0 Å². The summed E-state index contributed by atoms with van der Waals surface area (Å²) in [5.74, 6) is 0.668. The molecule has 29 heavy (non-hydrogen) atoms. The van der Waals surface area contributed by atoms with Gasteiger partial charge in [0.2, 0.25) is 0 Å². The first-order valence-electron chi connectivity index (χ1n) is 9.23. The molecule has 0 unspecified atom stereocenters. The molecule has 1 N–H and O–H groups in total. The molecule has 1 amide bonds. The molecule has 0 aliphatic rings. The number of nitrogens with zero attached hydrogens (tertiary/aromatic N) is 2. The molecule has 0 aliphatic carbocycles. The number of amides is 1. The molecule has 3 aromatic carbocycles. The Morgan fingerprint density at radius 1 is 1.03 bits per heavy atom. The molecular weight excluding hydrogens is 386 g/mol. The lowest BCUT2D eigenvalue weighted by atomic mass is 10.1. The van der Waals surface area contributed by atoms with Crippen molar-refractivity contribution in [1.82, 2.24) is 15.1 Å². The van der Waals surface area contributed by atoms with E-state index in [0.717, 1.165) is 27.8 Å². The van der Waals surface area contributed by atoms with Crippen molar-refractivity contribution in [2.45, 2.75) is 13.1 Å². The zero-order valence-electron chi connectivity index (χ0n) is 15.9. The van der Waals surface area contributed by atoms with Gasteiger partial charge in [0, 0.05) is 22.5 Å². The Hall–Kier alpha value is -3.31. The van der Waals surface area contributed by atoms with Crippen LogP contribution in [0.1, 0.15) is 21.5 Å². The monoisotopic (exact) mass is 405 g/mol. The van der Waals surface area contributed by atoms with Gasteiger partial charge in [0.1, 0.15) is 5.75 Å². The SMILES string of the molecule is COc1ccc(CNC(=O)c2ccc3cnn(Cc4ccc(Cl)cc4)c3c2)cc1. The van der Waals surface area contributed by atoms with E-state index >= 15 is 0 Å². The molecular formula is C23H20ClN3O2. The summed E-state index contributed by atoms with van der Waals surface area (Å²) in [7, 11) is 1.63. The van der Waals surface area contributed by atoms with E-state index in [9.17, 15) is 4.79 Å². The van der Waals surface area contributed by atoms with Gasteiger partial charge in [0.15, 0.2) is 0 Å². The number of rotatable bonds is 6. The fraction of sp³-hybridized carbons (Fsp3) is 0.130. The van der Waals surface area contributed by atoms with E-state index in [1.165, 1.54) is 0 Å². The van der Waals surface area contributed by atoms with Crippen LogP contribution in [-0.2, 0) is 13.1 Å². The molecule has 1 aromatic heterocycles. The Morgan fingerprint density at radius 2 is 1.76 bits per heavy atom. The Balaban J connectivity index is 1.49. The average molecular weight is 406 g/mol. The Kier molecular flexibility index (Phi) is 5.49. The number of aromatic nitrogens is 2. The highest BCUT2D eigenvalue weighted by atomic mass is 35.5. The van der Waals surface area contributed by atoms with Crippen molar-refractivity contribution in [2.75, 3.05) is 7.11 Å². The van der Waals surface area contributed by atoms with Crippen molar-refractivity contribution < 1.29 is 9.53 Å².